The summed E-state index contributed by atoms with van der Waals surface area (Å²) in [4.78, 5) is 27.8. The lowest BCUT2D eigenvalue weighted by Gasteiger charge is -2.32. The van der Waals surface area contributed by atoms with Crippen molar-refractivity contribution in [1.82, 2.24) is 10.2 Å². The van der Waals surface area contributed by atoms with Gasteiger partial charge in [0, 0.05) is 12.6 Å². The average molecular weight is 544 g/mol. The molecule has 1 N–H and O–H groups in total. The van der Waals surface area contributed by atoms with E-state index >= 15 is 0 Å². The molecule has 190 valence electrons. The van der Waals surface area contributed by atoms with Gasteiger partial charge < -0.3 is 10.2 Å². The quantitative estimate of drug-likeness (QED) is 0.508. The van der Waals surface area contributed by atoms with Crippen LogP contribution in [0.15, 0.2) is 42.5 Å². The van der Waals surface area contributed by atoms with Gasteiger partial charge in [-0.2, -0.15) is 0 Å². The molecule has 2 amide bonds. The first-order valence-electron chi connectivity index (χ1n) is 11.2. The Labute approximate surface area is 215 Å². The lowest BCUT2D eigenvalue weighted by molar-refractivity contribution is -0.139. The van der Waals surface area contributed by atoms with Gasteiger partial charge in [-0.15, -0.1) is 0 Å². The van der Waals surface area contributed by atoms with Crippen molar-refractivity contribution in [3.05, 3.63) is 63.9 Å². The molecule has 7 nitrogen and oxygen atoms in total. The van der Waals surface area contributed by atoms with Gasteiger partial charge in [0.05, 0.1) is 22.0 Å². The Morgan fingerprint density at radius 2 is 1.77 bits per heavy atom. The second-order valence-electron chi connectivity index (χ2n) is 8.66. The molecule has 1 atom stereocenters. The van der Waals surface area contributed by atoms with E-state index < -0.39 is 34.3 Å². The van der Waals surface area contributed by atoms with Gasteiger partial charge >= 0.3 is 0 Å². The molecule has 1 saturated carbocycles. The highest BCUT2D eigenvalue weighted by Gasteiger charge is 2.32. The van der Waals surface area contributed by atoms with Crippen LogP contribution >= 0.6 is 23.2 Å². The Hall–Kier alpha value is -2.36. The van der Waals surface area contributed by atoms with Gasteiger partial charge in [0.15, 0.2) is 0 Å². The number of nitrogens with zero attached hydrogens (tertiary/aromatic N) is 2. The summed E-state index contributed by atoms with van der Waals surface area (Å²) in [5.74, 6) is -1.80. The number of benzene rings is 2. The van der Waals surface area contributed by atoms with E-state index in [0.29, 0.717) is 14.9 Å². The number of hydrogen-bond donors (Lipinski definition) is 1. The predicted octanol–water partition coefficient (Wildman–Crippen LogP) is 4.37. The van der Waals surface area contributed by atoms with Crippen LogP contribution < -0.4 is 9.62 Å². The minimum absolute atomic E-state index is 0.0240. The molecule has 0 spiro atoms. The zero-order valence-corrected chi connectivity index (χ0v) is 21.8. The summed E-state index contributed by atoms with van der Waals surface area (Å²) in [5.41, 5.74) is 0.353. The minimum Gasteiger partial charge on any atom is -0.352 e. The minimum atomic E-state index is -4.01. The Morgan fingerprint density at radius 3 is 2.37 bits per heavy atom. The fraction of sp³-hybridized carbons (Fsp3) is 0.417. The number of para-hydroxylation sites is 1. The zero-order chi connectivity index (χ0) is 25.8. The molecule has 35 heavy (non-hydrogen) atoms. The number of rotatable bonds is 9. The fourth-order valence-corrected chi connectivity index (χ4v) is 5.23. The highest BCUT2D eigenvalue weighted by molar-refractivity contribution is 7.92. The van der Waals surface area contributed by atoms with Crippen LogP contribution in [0.2, 0.25) is 10.0 Å². The third kappa shape index (κ3) is 7.08. The van der Waals surface area contributed by atoms with Gasteiger partial charge in [0.2, 0.25) is 21.8 Å². The number of carbonyl (C=O) groups excluding carboxylic acids is 2. The topological polar surface area (TPSA) is 86.8 Å². The number of amides is 2. The lowest BCUT2D eigenvalue weighted by atomic mass is 10.1. The molecule has 0 aliphatic heterocycles. The Balaban J connectivity index is 1.90. The van der Waals surface area contributed by atoms with Crippen LogP contribution in [-0.2, 0) is 26.2 Å². The third-order valence-electron chi connectivity index (χ3n) is 6.01. The second kappa shape index (κ2) is 11.6. The molecular formula is C24H28Cl2FN3O4S. The van der Waals surface area contributed by atoms with Crippen LogP contribution in [0.3, 0.4) is 0 Å². The van der Waals surface area contributed by atoms with Gasteiger partial charge in [-0.3, -0.25) is 13.9 Å². The van der Waals surface area contributed by atoms with Gasteiger partial charge in [-0.1, -0.05) is 54.2 Å². The van der Waals surface area contributed by atoms with Crippen molar-refractivity contribution in [2.24, 2.45) is 0 Å². The lowest BCUT2D eigenvalue weighted by Crippen LogP contribution is -2.52. The van der Waals surface area contributed by atoms with E-state index in [1.807, 2.05) is 0 Å². The van der Waals surface area contributed by atoms with Gasteiger partial charge in [0.25, 0.3) is 0 Å². The van der Waals surface area contributed by atoms with E-state index in [4.69, 9.17) is 23.2 Å². The van der Waals surface area contributed by atoms with Crippen LogP contribution in [-0.4, -0.2) is 50.0 Å². The van der Waals surface area contributed by atoms with Crippen molar-refractivity contribution < 1.29 is 22.4 Å². The molecule has 1 aliphatic carbocycles. The molecule has 2 aromatic carbocycles. The van der Waals surface area contributed by atoms with Gasteiger partial charge in [0.1, 0.15) is 18.4 Å². The van der Waals surface area contributed by atoms with Crippen LogP contribution in [0.4, 0.5) is 10.1 Å². The van der Waals surface area contributed by atoms with Gasteiger partial charge in [-0.25, -0.2) is 12.8 Å². The van der Waals surface area contributed by atoms with E-state index in [0.717, 1.165) is 38.0 Å². The maximum Gasteiger partial charge on any atom is 0.244 e. The molecule has 0 unspecified atom stereocenters. The van der Waals surface area contributed by atoms with Gasteiger partial charge in [-0.05, 0) is 49.6 Å². The molecular weight excluding hydrogens is 516 g/mol. The number of hydrogen-bond acceptors (Lipinski definition) is 4. The summed E-state index contributed by atoms with van der Waals surface area (Å²) in [6.07, 6.45) is 4.68. The van der Waals surface area contributed by atoms with E-state index in [2.05, 4.69) is 5.32 Å². The maximum absolute atomic E-state index is 14.4. The first-order chi connectivity index (χ1) is 16.5. The van der Waals surface area contributed by atoms with Crippen molar-refractivity contribution >= 4 is 50.7 Å². The smallest absolute Gasteiger partial charge is 0.244 e. The summed E-state index contributed by atoms with van der Waals surface area (Å²) in [5, 5.41) is 3.59. The number of nitrogens with one attached hydrogen (secondary N) is 1. The predicted molar refractivity (Wildman–Crippen MR) is 135 cm³/mol. The highest BCUT2D eigenvalue weighted by atomic mass is 35.5. The summed E-state index contributed by atoms with van der Waals surface area (Å²) in [7, 11) is -4.01. The first-order valence-corrected chi connectivity index (χ1v) is 13.8. The van der Waals surface area contributed by atoms with Crippen molar-refractivity contribution in [3.63, 3.8) is 0 Å². The van der Waals surface area contributed by atoms with Crippen LogP contribution in [0.1, 0.15) is 38.2 Å². The summed E-state index contributed by atoms with van der Waals surface area (Å²) in [6.45, 7) is 0.875. The van der Waals surface area contributed by atoms with Crippen molar-refractivity contribution in [2.75, 3.05) is 17.1 Å². The molecule has 3 rings (SSSR count). The van der Waals surface area contributed by atoms with E-state index in [1.54, 1.807) is 25.1 Å². The molecule has 0 saturated heterocycles. The molecule has 0 bridgehead atoms. The van der Waals surface area contributed by atoms with Crippen LogP contribution in [0.5, 0.6) is 0 Å². The number of halogens is 3. The van der Waals surface area contributed by atoms with Crippen LogP contribution in [0.25, 0.3) is 0 Å². The van der Waals surface area contributed by atoms with Crippen molar-refractivity contribution in [1.29, 1.82) is 0 Å². The number of sulfonamides is 1. The number of anilines is 1. The molecule has 0 radical (unpaired) electrons. The standard InChI is InChI=1S/C24H28Cl2FN3O4S/c1-16(24(32)28-18-7-3-4-8-18)29(14-17-11-12-19(25)20(26)13-17)23(31)15-30(35(2,33)34)22-10-6-5-9-21(22)27/h5-6,9-13,16,18H,3-4,7-8,14-15H2,1-2H3,(H,28,32)/t16-/m0/s1. The van der Waals surface area contributed by atoms with E-state index in [1.165, 1.54) is 23.1 Å². The van der Waals surface area contributed by atoms with Crippen molar-refractivity contribution in [3.8, 4) is 0 Å². The fourth-order valence-electron chi connectivity index (χ4n) is 4.06. The highest BCUT2D eigenvalue weighted by Crippen LogP contribution is 2.25. The summed E-state index contributed by atoms with van der Waals surface area (Å²) < 4.78 is 40.1. The molecule has 1 aliphatic rings. The average Bonchev–Trinajstić information content (AvgIpc) is 3.30. The second-order valence-corrected chi connectivity index (χ2v) is 11.4. The van der Waals surface area contributed by atoms with Crippen LogP contribution in [0, 0.1) is 5.82 Å². The molecule has 11 heteroatoms. The Morgan fingerprint density at radius 1 is 1.11 bits per heavy atom. The van der Waals surface area contributed by atoms with E-state index in [-0.39, 0.29) is 29.2 Å². The Kier molecular flexibility index (Phi) is 9.01. The van der Waals surface area contributed by atoms with Crippen molar-refractivity contribution in [2.45, 2.75) is 51.2 Å². The molecule has 1 fully saturated rings. The molecule has 0 aromatic heterocycles. The first kappa shape index (κ1) is 27.2. The monoisotopic (exact) mass is 543 g/mol. The number of carbonyl (C=O) groups is 2. The normalized spacial score (nSPS) is 15.0. The maximum atomic E-state index is 14.4. The molecule has 0 heterocycles. The largest absolute Gasteiger partial charge is 0.352 e. The Bertz CT molecular complexity index is 1190. The zero-order valence-electron chi connectivity index (χ0n) is 19.5. The third-order valence-corrected chi connectivity index (χ3v) is 7.87. The van der Waals surface area contributed by atoms with E-state index in [9.17, 15) is 22.4 Å². The SMILES string of the molecule is C[C@@H](C(=O)NC1CCCC1)N(Cc1ccc(Cl)c(Cl)c1)C(=O)CN(c1ccccc1F)S(C)(=O)=O. The summed E-state index contributed by atoms with van der Waals surface area (Å²) >= 11 is 12.1. The molecule has 2 aromatic rings. The summed E-state index contributed by atoms with van der Waals surface area (Å²) in [6, 6.07) is 9.24.